The number of halogens is 2. The summed E-state index contributed by atoms with van der Waals surface area (Å²) in [5.74, 6) is -0.299. The van der Waals surface area contributed by atoms with E-state index >= 15 is 0 Å². The average molecular weight is 262 g/mol. The molecule has 0 saturated carbocycles. The molecule has 0 bridgehead atoms. The van der Waals surface area contributed by atoms with E-state index in [-0.39, 0.29) is 11.9 Å². The lowest BCUT2D eigenvalue weighted by molar-refractivity contribution is 0.625. The SMILES string of the molecule is Fc1cccc(Cl)c1NC1CCc2ccccc21. The number of para-hydroxylation sites is 1. The molecule has 0 heterocycles. The molecule has 1 atom stereocenters. The van der Waals surface area contributed by atoms with Crippen LogP contribution in [0.1, 0.15) is 23.6 Å². The lowest BCUT2D eigenvalue weighted by Crippen LogP contribution is -2.08. The first-order chi connectivity index (χ1) is 8.75. The Kier molecular flexibility index (Phi) is 2.96. The first kappa shape index (κ1) is 11.5. The van der Waals surface area contributed by atoms with Crippen molar-refractivity contribution in [2.45, 2.75) is 18.9 Å². The van der Waals surface area contributed by atoms with Crippen LogP contribution in [0.25, 0.3) is 0 Å². The number of hydrogen-bond acceptors (Lipinski definition) is 1. The fraction of sp³-hybridized carbons (Fsp3) is 0.200. The summed E-state index contributed by atoms with van der Waals surface area (Å²) in [6.07, 6.45) is 2.00. The van der Waals surface area contributed by atoms with E-state index in [4.69, 9.17) is 11.6 Å². The zero-order valence-electron chi connectivity index (χ0n) is 9.79. The Balaban J connectivity index is 1.91. The molecular weight excluding hydrogens is 249 g/mol. The first-order valence-corrected chi connectivity index (χ1v) is 6.42. The Morgan fingerprint density at radius 2 is 1.94 bits per heavy atom. The van der Waals surface area contributed by atoms with E-state index in [9.17, 15) is 4.39 Å². The molecule has 18 heavy (non-hydrogen) atoms. The van der Waals surface area contributed by atoms with Crippen LogP contribution in [0.5, 0.6) is 0 Å². The second kappa shape index (κ2) is 4.62. The van der Waals surface area contributed by atoms with Gasteiger partial charge in [-0.2, -0.15) is 0 Å². The standard InChI is InChI=1S/C15H13ClFN/c16-12-6-3-7-13(17)15(12)18-14-9-8-10-4-1-2-5-11(10)14/h1-7,14,18H,8-9H2. The maximum absolute atomic E-state index is 13.7. The van der Waals surface area contributed by atoms with Gasteiger partial charge in [0.05, 0.1) is 16.8 Å². The molecule has 3 heteroatoms. The molecule has 0 spiro atoms. The molecule has 2 aromatic rings. The van der Waals surface area contributed by atoms with Crippen molar-refractivity contribution in [3.05, 3.63) is 64.4 Å². The minimum absolute atomic E-state index is 0.149. The summed E-state index contributed by atoms with van der Waals surface area (Å²) in [6, 6.07) is 13.2. The van der Waals surface area contributed by atoms with E-state index in [1.54, 1.807) is 12.1 Å². The van der Waals surface area contributed by atoms with Crippen LogP contribution in [0.4, 0.5) is 10.1 Å². The first-order valence-electron chi connectivity index (χ1n) is 6.04. The molecule has 0 aliphatic heterocycles. The molecule has 0 fully saturated rings. The highest BCUT2D eigenvalue weighted by molar-refractivity contribution is 6.33. The minimum atomic E-state index is -0.299. The second-order valence-electron chi connectivity index (χ2n) is 4.53. The Morgan fingerprint density at radius 1 is 1.11 bits per heavy atom. The summed E-state index contributed by atoms with van der Waals surface area (Å²) in [4.78, 5) is 0. The molecule has 2 aromatic carbocycles. The third-order valence-electron chi connectivity index (χ3n) is 3.41. The third kappa shape index (κ3) is 1.97. The van der Waals surface area contributed by atoms with Gasteiger partial charge in [-0.25, -0.2) is 4.39 Å². The van der Waals surface area contributed by atoms with E-state index in [1.165, 1.54) is 17.2 Å². The van der Waals surface area contributed by atoms with Gasteiger partial charge in [0.2, 0.25) is 0 Å². The maximum Gasteiger partial charge on any atom is 0.147 e. The molecule has 1 N–H and O–H groups in total. The molecule has 1 nitrogen and oxygen atoms in total. The zero-order chi connectivity index (χ0) is 12.5. The second-order valence-corrected chi connectivity index (χ2v) is 4.94. The smallest absolute Gasteiger partial charge is 0.147 e. The predicted octanol–water partition coefficient (Wildman–Crippen LogP) is 4.58. The van der Waals surface area contributed by atoms with Crippen molar-refractivity contribution in [3.63, 3.8) is 0 Å². The number of rotatable bonds is 2. The molecule has 0 radical (unpaired) electrons. The van der Waals surface area contributed by atoms with Crippen molar-refractivity contribution in [2.75, 3.05) is 5.32 Å². The van der Waals surface area contributed by atoms with Crippen LogP contribution >= 0.6 is 11.6 Å². The van der Waals surface area contributed by atoms with E-state index in [1.807, 2.05) is 12.1 Å². The summed E-state index contributed by atoms with van der Waals surface area (Å²) in [5, 5.41) is 3.66. The zero-order valence-corrected chi connectivity index (χ0v) is 10.5. The van der Waals surface area contributed by atoms with Crippen LogP contribution in [0.15, 0.2) is 42.5 Å². The number of benzene rings is 2. The summed E-state index contributed by atoms with van der Waals surface area (Å²) < 4.78 is 13.7. The van der Waals surface area contributed by atoms with Gasteiger partial charge in [0.1, 0.15) is 5.82 Å². The van der Waals surface area contributed by atoms with Crippen LogP contribution in [-0.4, -0.2) is 0 Å². The van der Waals surface area contributed by atoms with Crippen molar-refractivity contribution in [3.8, 4) is 0 Å². The van der Waals surface area contributed by atoms with Gasteiger partial charge in [-0.05, 0) is 36.1 Å². The monoisotopic (exact) mass is 261 g/mol. The number of aryl methyl sites for hydroxylation is 1. The highest BCUT2D eigenvalue weighted by Gasteiger charge is 2.23. The quantitative estimate of drug-likeness (QED) is 0.834. The lowest BCUT2D eigenvalue weighted by atomic mass is 10.1. The molecule has 3 rings (SSSR count). The minimum Gasteiger partial charge on any atom is -0.375 e. The largest absolute Gasteiger partial charge is 0.375 e. The number of nitrogens with one attached hydrogen (secondary N) is 1. The van der Waals surface area contributed by atoms with Crippen LogP contribution in [0.2, 0.25) is 5.02 Å². The van der Waals surface area contributed by atoms with Gasteiger partial charge in [-0.1, -0.05) is 41.9 Å². The van der Waals surface area contributed by atoms with Gasteiger partial charge < -0.3 is 5.32 Å². The summed E-state index contributed by atoms with van der Waals surface area (Å²) in [6.45, 7) is 0. The Morgan fingerprint density at radius 3 is 2.78 bits per heavy atom. The van der Waals surface area contributed by atoms with Crippen LogP contribution < -0.4 is 5.32 Å². The molecule has 1 unspecified atom stereocenters. The fourth-order valence-corrected chi connectivity index (χ4v) is 2.73. The van der Waals surface area contributed by atoms with Crippen molar-refractivity contribution < 1.29 is 4.39 Å². The van der Waals surface area contributed by atoms with Gasteiger partial charge in [0.25, 0.3) is 0 Å². The van der Waals surface area contributed by atoms with E-state index in [2.05, 4.69) is 17.4 Å². The fourth-order valence-electron chi connectivity index (χ4n) is 2.52. The predicted molar refractivity (Wildman–Crippen MR) is 72.5 cm³/mol. The topological polar surface area (TPSA) is 12.0 Å². The maximum atomic E-state index is 13.7. The van der Waals surface area contributed by atoms with Gasteiger partial charge in [0, 0.05) is 0 Å². The van der Waals surface area contributed by atoms with Gasteiger partial charge >= 0.3 is 0 Å². The highest BCUT2D eigenvalue weighted by Crippen LogP contribution is 2.36. The molecule has 0 saturated heterocycles. The van der Waals surface area contributed by atoms with Gasteiger partial charge in [-0.3, -0.25) is 0 Å². The van der Waals surface area contributed by atoms with Crippen molar-refractivity contribution in [1.29, 1.82) is 0 Å². The Labute approximate surface area is 111 Å². The van der Waals surface area contributed by atoms with Crippen LogP contribution in [0, 0.1) is 5.82 Å². The number of fused-ring (bicyclic) bond motifs is 1. The van der Waals surface area contributed by atoms with E-state index in [0.29, 0.717) is 10.7 Å². The van der Waals surface area contributed by atoms with E-state index < -0.39 is 0 Å². The average Bonchev–Trinajstić information content (AvgIpc) is 2.77. The van der Waals surface area contributed by atoms with Crippen LogP contribution in [-0.2, 0) is 6.42 Å². The number of anilines is 1. The summed E-state index contributed by atoms with van der Waals surface area (Å²) in [7, 11) is 0. The Bertz CT molecular complexity index is 562. The normalized spacial score (nSPS) is 17.6. The summed E-state index contributed by atoms with van der Waals surface area (Å²) in [5.41, 5.74) is 2.99. The molecule has 1 aliphatic rings. The molecule has 1 aliphatic carbocycles. The van der Waals surface area contributed by atoms with Crippen LogP contribution in [0.3, 0.4) is 0 Å². The van der Waals surface area contributed by atoms with Gasteiger partial charge in [0.15, 0.2) is 0 Å². The Hall–Kier alpha value is -1.54. The summed E-state index contributed by atoms with van der Waals surface area (Å²) >= 11 is 6.03. The van der Waals surface area contributed by atoms with Gasteiger partial charge in [-0.15, -0.1) is 0 Å². The molecule has 92 valence electrons. The van der Waals surface area contributed by atoms with E-state index in [0.717, 1.165) is 12.8 Å². The number of hydrogen-bond donors (Lipinski definition) is 1. The molecule has 0 amide bonds. The molecular formula is C15H13ClFN. The third-order valence-corrected chi connectivity index (χ3v) is 3.73. The van der Waals surface area contributed by atoms with Crippen molar-refractivity contribution in [2.24, 2.45) is 0 Å². The van der Waals surface area contributed by atoms with Crippen molar-refractivity contribution >= 4 is 17.3 Å². The molecule has 0 aromatic heterocycles. The van der Waals surface area contributed by atoms with Crippen molar-refractivity contribution in [1.82, 2.24) is 0 Å². The lowest BCUT2D eigenvalue weighted by Gasteiger charge is -2.17. The highest BCUT2D eigenvalue weighted by atomic mass is 35.5.